The van der Waals surface area contributed by atoms with Gasteiger partial charge in [-0.05, 0) is 74.0 Å². The molecule has 3 rings (SSSR count). The first-order valence-electron chi connectivity index (χ1n) is 22.5. The van der Waals surface area contributed by atoms with Crippen molar-refractivity contribution in [3.8, 4) is 0 Å². The Morgan fingerprint density at radius 1 is 0.769 bits per heavy atom. The van der Waals surface area contributed by atoms with Gasteiger partial charge >= 0.3 is 0 Å². The predicted molar refractivity (Wildman–Crippen MR) is 247 cm³/mol. The minimum absolute atomic E-state index is 0.00500. The zero-order valence-corrected chi connectivity index (χ0v) is 39.2. The highest BCUT2D eigenvalue weighted by Crippen LogP contribution is 2.28. The van der Waals surface area contributed by atoms with Crippen LogP contribution in [0.4, 0.5) is 0 Å². The first-order chi connectivity index (χ1) is 30.8. The predicted octanol–water partition coefficient (Wildman–Crippen LogP) is -0.811. The van der Waals surface area contributed by atoms with Crippen LogP contribution in [0.5, 0.6) is 0 Å². The lowest BCUT2D eigenvalue weighted by Gasteiger charge is -2.39. The summed E-state index contributed by atoms with van der Waals surface area (Å²) in [5, 5.41) is 25.8. The molecule has 65 heavy (non-hydrogen) atoms. The minimum atomic E-state index is -1.46. The van der Waals surface area contributed by atoms with E-state index >= 15 is 0 Å². The molecule has 21 heteroatoms. The number of nitrogens with one attached hydrogen (secondary N) is 6. The normalized spacial score (nSPS) is 17.7. The number of nitrogens with zero attached hydrogens (tertiary/aromatic N) is 2. The Kier molecular flexibility index (Phi) is 22.5. The van der Waals surface area contributed by atoms with Crippen molar-refractivity contribution >= 4 is 65.0 Å². The molecule has 1 aromatic rings. The third-order valence-electron chi connectivity index (χ3n) is 11.6. The number of nitrogens with two attached hydrogens (primary N) is 3. The minimum Gasteiger partial charge on any atom is -0.394 e. The molecule has 7 atom stereocenters. The van der Waals surface area contributed by atoms with Gasteiger partial charge in [0, 0.05) is 26.4 Å². The molecule has 0 radical (unpaired) electrons. The second-order valence-corrected chi connectivity index (χ2v) is 18.4. The number of benzene rings is 1. The highest BCUT2D eigenvalue weighted by molar-refractivity contribution is 7.98. The summed E-state index contributed by atoms with van der Waals surface area (Å²) in [7, 11) is 0. The molecule has 1 heterocycles. The maximum absolute atomic E-state index is 14.8. The van der Waals surface area contributed by atoms with Gasteiger partial charge in [-0.1, -0.05) is 70.2 Å². The molecule has 0 aromatic heterocycles. The Morgan fingerprint density at radius 2 is 1.38 bits per heavy atom. The molecule has 8 amide bonds. The van der Waals surface area contributed by atoms with Gasteiger partial charge in [0.05, 0.1) is 6.61 Å². The molecular weight excluding hydrogens is 859 g/mol. The van der Waals surface area contributed by atoms with Crippen LogP contribution in [0.1, 0.15) is 103 Å². The third kappa shape index (κ3) is 17.8. The average molecular weight is 930 g/mol. The summed E-state index contributed by atoms with van der Waals surface area (Å²) in [6.45, 7) is 5.73. The van der Waals surface area contributed by atoms with Crippen LogP contribution in [0.3, 0.4) is 0 Å². The molecule has 1 saturated carbocycles. The number of aliphatic imine (C=N–C) groups is 1. The van der Waals surface area contributed by atoms with Gasteiger partial charge in [-0.3, -0.25) is 43.3 Å². The van der Waals surface area contributed by atoms with Gasteiger partial charge in [-0.2, -0.15) is 11.8 Å². The Labute approximate surface area is 385 Å². The van der Waals surface area contributed by atoms with Gasteiger partial charge in [0.15, 0.2) is 5.96 Å². The molecular formula is C44H71N11O9S. The molecule has 2 aliphatic rings. The van der Waals surface area contributed by atoms with E-state index in [1.807, 2.05) is 44.4 Å². The zero-order valence-electron chi connectivity index (χ0n) is 38.4. The fourth-order valence-corrected chi connectivity index (χ4v) is 8.56. The molecule has 1 aliphatic carbocycles. The number of hydrogen-bond donors (Lipinski definition) is 10. The first-order valence-corrected chi connectivity index (χ1v) is 23.8. The van der Waals surface area contributed by atoms with Crippen molar-refractivity contribution in [1.29, 1.82) is 0 Å². The molecule has 1 fully saturated rings. The Bertz CT molecular complexity index is 1840. The van der Waals surface area contributed by atoms with Crippen LogP contribution >= 0.6 is 11.8 Å². The number of guanidine groups is 1. The van der Waals surface area contributed by atoms with Crippen LogP contribution < -0.4 is 49.1 Å². The molecule has 0 unspecified atom stereocenters. The quantitative estimate of drug-likeness (QED) is 0.0327. The lowest BCUT2D eigenvalue weighted by atomic mass is 9.84. The second kappa shape index (κ2) is 27.1. The van der Waals surface area contributed by atoms with E-state index in [2.05, 4.69) is 36.9 Å². The zero-order chi connectivity index (χ0) is 48.2. The van der Waals surface area contributed by atoms with Gasteiger partial charge < -0.3 is 59.1 Å². The van der Waals surface area contributed by atoms with E-state index < -0.39 is 90.3 Å². The van der Waals surface area contributed by atoms with Gasteiger partial charge in [-0.25, -0.2) is 0 Å². The van der Waals surface area contributed by atoms with Gasteiger partial charge in [-0.15, -0.1) is 0 Å². The number of aliphatic hydroxyl groups is 1. The summed E-state index contributed by atoms with van der Waals surface area (Å²) in [6, 6.07) is -0.732. The lowest BCUT2D eigenvalue weighted by molar-refractivity contribution is -0.145. The summed E-state index contributed by atoms with van der Waals surface area (Å²) >= 11 is 1.42. The van der Waals surface area contributed by atoms with Crippen molar-refractivity contribution in [1.82, 2.24) is 36.8 Å². The van der Waals surface area contributed by atoms with E-state index in [9.17, 15) is 43.5 Å². The van der Waals surface area contributed by atoms with Crippen LogP contribution in [-0.4, -0.2) is 131 Å². The summed E-state index contributed by atoms with van der Waals surface area (Å²) < 4.78 is 0. The maximum atomic E-state index is 14.8. The van der Waals surface area contributed by atoms with Crippen LogP contribution in [-0.2, 0) is 51.3 Å². The van der Waals surface area contributed by atoms with Crippen molar-refractivity contribution in [3.05, 3.63) is 35.4 Å². The summed E-state index contributed by atoms with van der Waals surface area (Å²) in [5.41, 5.74) is 18.1. The fourth-order valence-electron chi connectivity index (χ4n) is 8.09. The smallest absolute Gasteiger partial charge is 0.246 e. The SMILES string of the molecule is CSCC[C@H](NC(=O)[C@@H]1Cc2ccccc2CN1C(=O)[C@H](CCCN=C(N)N)NC(=O)[C@H](CC1CCCCC1)NC(C)=O)C(=O)N[C@@H](C)C(=O)N[C@@H](CO)C(=O)N[C@@H](CC(C)C)C(N)=O. The van der Waals surface area contributed by atoms with Crippen LogP contribution in [0.2, 0.25) is 0 Å². The fraction of sp³-hybridized carbons (Fsp3) is 0.659. The molecule has 1 aromatic carbocycles. The average Bonchev–Trinajstić information content (AvgIpc) is 3.26. The molecule has 1 aliphatic heterocycles. The number of primary amides is 1. The number of amides is 8. The van der Waals surface area contributed by atoms with Crippen molar-refractivity contribution < 1.29 is 43.5 Å². The summed E-state index contributed by atoms with van der Waals surface area (Å²) in [5.74, 6) is -4.74. The standard InChI is InChI=1S/C44H71N11O9S/c1-25(2)20-33(37(45)58)53-41(62)35(24-56)54-38(59)26(3)49-39(60)31(17-19-65-5)51-42(63)36-22-29-14-9-10-15-30(29)23-55(36)43(64)32(16-11-18-48-44(46)47)52-40(61)34(50-27(4)57)21-28-12-7-6-8-13-28/h9-10,14-15,25-26,28,31-36,56H,6-8,11-13,16-24H2,1-5H3,(H2,45,58)(H,49,60)(H,50,57)(H,51,63)(H,52,61)(H,53,62)(H,54,59)(H4,46,47,48)/t26-,31-,32-,33-,34-,35-,36-/m0/s1. The third-order valence-corrected chi connectivity index (χ3v) is 12.2. The van der Waals surface area contributed by atoms with Gasteiger partial charge in [0.25, 0.3) is 0 Å². The number of carbonyl (C=O) groups is 8. The van der Waals surface area contributed by atoms with Crippen molar-refractivity contribution in [2.45, 2.75) is 147 Å². The highest BCUT2D eigenvalue weighted by Gasteiger charge is 2.40. The van der Waals surface area contributed by atoms with Crippen LogP contribution in [0.15, 0.2) is 29.3 Å². The number of hydrogen-bond acceptors (Lipinski definition) is 11. The van der Waals surface area contributed by atoms with Gasteiger partial charge in [0.1, 0.15) is 42.3 Å². The Balaban J connectivity index is 1.86. The Morgan fingerprint density at radius 3 is 1.98 bits per heavy atom. The van der Waals surface area contributed by atoms with E-state index in [4.69, 9.17) is 17.2 Å². The highest BCUT2D eigenvalue weighted by atomic mass is 32.2. The van der Waals surface area contributed by atoms with E-state index in [-0.39, 0.29) is 62.5 Å². The number of thioether (sulfide) groups is 1. The molecule has 362 valence electrons. The van der Waals surface area contributed by atoms with E-state index in [1.54, 1.807) is 0 Å². The largest absolute Gasteiger partial charge is 0.394 e. The van der Waals surface area contributed by atoms with E-state index in [0.717, 1.165) is 43.2 Å². The van der Waals surface area contributed by atoms with E-state index in [0.29, 0.717) is 18.6 Å². The molecule has 0 saturated heterocycles. The number of fused-ring (bicyclic) bond motifs is 1. The van der Waals surface area contributed by atoms with E-state index in [1.165, 1.54) is 30.5 Å². The number of rotatable bonds is 25. The first kappa shape index (κ1) is 53.9. The monoisotopic (exact) mass is 930 g/mol. The van der Waals surface area contributed by atoms with Gasteiger partial charge in [0.2, 0.25) is 47.3 Å². The number of aliphatic hydroxyl groups excluding tert-OH is 1. The topological polar surface area (TPSA) is 323 Å². The van der Waals surface area contributed by atoms with Crippen molar-refractivity contribution in [3.63, 3.8) is 0 Å². The molecule has 0 spiro atoms. The summed E-state index contributed by atoms with van der Waals surface area (Å²) in [4.78, 5) is 113. The maximum Gasteiger partial charge on any atom is 0.246 e. The molecule has 0 bridgehead atoms. The summed E-state index contributed by atoms with van der Waals surface area (Å²) in [6.07, 6.45) is 8.13. The Hall–Kier alpha value is -5.44. The van der Waals surface area contributed by atoms with Crippen molar-refractivity contribution in [2.24, 2.45) is 34.0 Å². The molecule has 13 N–H and O–H groups in total. The van der Waals surface area contributed by atoms with Crippen LogP contribution in [0.25, 0.3) is 0 Å². The lowest BCUT2D eigenvalue weighted by Crippen LogP contribution is -2.61. The second-order valence-electron chi connectivity index (χ2n) is 17.4. The number of carbonyl (C=O) groups excluding carboxylic acids is 8. The molecule has 20 nitrogen and oxygen atoms in total. The van der Waals surface area contributed by atoms with Crippen molar-refractivity contribution in [2.75, 3.05) is 25.2 Å². The van der Waals surface area contributed by atoms with Crippen LogP contribution in [0, 0.1) is 11.8 Å².